The zero-order valence-electron chi connectivity index (χ0n) is 8.48. The Labute approximate surface area is 74.0 Å². The van der Waals surface area contributed by atoms with Gasteiger partial charge in [-0.2, -0.15) is 5.01 Å². The molecule has 0 aromatic carbocycles. The van der Waals surface area contributed by atoms with Crippen molar-refractivity contribution in [2.45, 2.75) is 26.2 Å². The quantitative estimate of drug-likeness (QED) is 0.553. The minimum Gasteiger partial charge on any atom is -0.328 e. The molecule has 0 radical (unpaired) electrons. The molecule has 1 heterocycles. The lowest BCUT2D eigenvalue weighted by molar-refractivity contribution is -0.645. The van der Waals surface area contributed by atoms with Crippen LogP contribution in [0.4, 0.5) is 0 Å². The van der Waals surface area contributed by atoms with Gasteiger partial charge in [0.2, 0.25) is 0 Å². The molecular formula is C8H18N3O+. The molecule has 0 amide bonds. The van der Waals surface area contributed by atoms with Crippen molar-refractivity contribution in [1.29, 1.82) is 0 Å². The summed E-state index contributed by atoms with van der Waals surface area (Å²) in [6.45, 7) is 4.30. The third-order valence-electron chi connectivity index (χ3n) is 2.18. The maximum absolute atomic E-state index is 5.35. The standard InChI is InChI=1S/C8H18N3O/c1-7(2)11-6-9(3)10(4)8(11)12-5/h6-8H,1-5H3/q+1. The van der Waals surface area contributed by atoms with E-state index in [9.17, 15) is 0 Å². The van der Waals surface area contributed by atoms with Crippen LogP contribution in [-0.4, -0.2) is 54.5 Å². The Morgan fingerprint density at radius 2 is 2.00 bits per heavy atom. The van der Waals surface area contributed by atoms with Crippen LogP contribution in [0.25, 0.3) is 0 Å². The van der Waals surface area contributed by atoms with E-state index < -0.39 is 0 Å². The summed E-state index contributed by atoms with van der Waals surface area (Å²) in [5, 5.41) is 4.06. The molecule has 0 saturated carbocycles. The van der Waals surface area contributed by atoms with Gasteiger partial charge in [0.15, 0.2) is 0 Å². The summed E-state index contributed by atoms with van der Waals surface area (Å²) in [6, 6.07) is 0.461. The van der Waals surface area contributed by atoms with Crippen molar-refractivity contribution >= 4 is 6.34 Å². The van der Waals surface area contributed by atoms with Gasteiger partial charge in [-0.1, -0.05) is 5.01 Å². The molecule has 70 valence electrons. The molecule has 0 saturated heterocycles. The highest BCUT2D eigenvalue weighted by molar-refractivity contribution is 5.48. The Hall–Kier alpha value is -0.610. The van der Waals surface area contributed by atoms with Gasteiger partial charge in [0, 0.05) is 14.2 Å². The number of nitrogens with zero attached hydrogens (tertiary/aromatic N) is 3. The third-order valence-corrected chi connectivity index (χ3v) is 2.18. The van der Waals surface area contributed by atoms with Gasteiger partial charge in [0.25, 0.3) is 12.7 Å². The monoisotopic (exact) mass is 172 g/mol. The van der Waals surface area contributed by atoms with E-state index in [0.29, 0.717) is 6.04 Å². The Morgan fingerprint density at radius 3 is 2.33 bits per heavy atom. The lowest BCUT2D eigenvalue weighted by atomic mass is 10.4. The van der Waals surface area contributed by atoms with Crippen molar-refractivity contribution in [2.75, 3.05) is 21.2 Å². The molecule has 1 aliphatic rings. The summed E-state index contributed by atoms with van der Waals surface area (Å²) < 4.78 is 7.51. The summed E-state index contributed by atoms with van der Waals surface area (Å²) >= 11 is 0. The number of hydrazine groups is 1. The van der Waals surface area contributed by atoms with Crippen LogP contribution in [0.2, 0.25) is 0 Å². The first kappa shape index (κ1) is 9.48. The van der Waals surface area contributed by atoms with E-state index in [-0.39, 0.29) is 6.35 Å². The first-order chi connectivity index (χ1) is 5.57. The second-order valence-electron chi connectivity index (χ2n) is 3.37. The van der Waals surface area contributed by atoms with Crippen molar-refractivity contribution in [3.05, 3.63) is 0 Å². The molecule has 1 rings (SSSR count). The normalized spacial score (nSPS) is 25.3. The van der Waals surface area contributed by atoms with Crippen LogP contribution >= 0.6 is 0 Å². The first-order valence-corrected chi connectivity index (χ1v) is 4.18. The average molecular weight is 172 g/mol. The fourth-order valence-corrected chi connectivity index (χ4v) is 1.34. The smallest absolute Gasteiger partial charge is 0.292 e. The minimum absolute atomic E-state index is 0.0370. The second-order valence-corrected chi connectivity index (χ2v) is 3.37. The second kappa shape index (κ2) is 3.41. The van der Waals surface area contributed by atoms with Crippen molar-refractivity contribution in [1.82, 2.24) is 10.0 Å². The predicted molar refractivity (Wildman–Crippen MR) is 47.8 cm³/mol. The van der Waals surface area contributed by atoms with Crippen molar-refractivity contribution in [2.24, 2.45) is 0 Å². The van der Waals surface area contributed by atoms with E-state index in [4.69, 9.17) is 4.74 Å². The van der Waals surface area contributed by atoms with Gasteiger partial charge in [-0.25, -0.2) is 4.58 Å². The van der Waals surface area contributed by atoms with Crippen molar-refractivity contribution in [3.8, 4) is 0 Å². The van der Waals surface area contributed by atoms with Gasteiger partial charge >= 0.3 is 0 Å². The highest BCUT2D eigenvalue weighted by Crippen LogP contribution is 2.10. The minimum atomic E-state index is 0.0370. The van der Waals surface area contributed by atoms with Gasteiger partial charge in [-0.15, -0.1) is 0 Å². The molecule has 1 atom stereocenters. The van der Waals surface area contributed by atoms with E-state index >= 15 is 0 Å². The Morgan fingerprint density at radius 1 is 1.42 bits per heavy atom. The van der Waals surface area contributed by atoms with Gasteiger partial charge < -0.3 is 4.74 Å². The number of ether oxygens (including phenoxy) is 1. The number of hydrogen-bond acceptors (Lipinski definition) is 3. The fraction of sp³-hybridized carbons (Fsp3) is 0.875. The first-order valence-electron chi connectivity index (χ1n) is 4.18. The van der Waals surface area contributed by atoms with Gasteiger partial charge in [0.1, 0.15) is 0 Å². The zero-order chi connectivity index (χ0) is 9.30. The molecule has 0 bridgehead atoms. The average Bonchev–Trinajstić information content (AvgIpc) is 2.29. The summed E-state index contributed by atoms with van der Waals surface area (Å²) in [7, 11) is 5.74. The maximum atomic E-state index is 5.35. The summed E-state index contributed by atoms with van der Waals surface area (Å²) in [5.41, 5.74) is 0. The molecule has 1 unspecified atom stereocenters. The maximum Gasteiger partial charge on any atom is 0.292 e. The van der Waals surface area contributed by atoms with Crippen LogP contribution in [-0.2, 0) is 4.74 Å². The largest absolute Gasteiger partial charge is 0.328 e. The topological polar surface area (TPSA) is 18.7 Å². The van der Waals surface area contributed by atoms with Crippen molar-refractivity contribution < 1.29 is 9.31 Å². The van der Waals surface area contributed by atoms with Crippen LogP contribution in [0, 0.1) is 0 Å². The molecule has 4 nitrogen and oxygen atoms in total. The summed E-state index contributed by atoms with van der Waals surface area (Å²) in [5.74, 6) is 0. The lowest BCUT2D eigenvalue weighted by Crippen LogP contribution is -2.42. The fourth-order valence-electron chi connectivity index (χ4n) is 1.34. The van der Waals surface area contributed by atoms with Gasteiger partial charge in [-0.05, 0) is 13.8 Å². The van der Waals surface area contributed by atoms with E-state index in [1.165, 1.54) is 0 Å². The molecule has 0 aliphatic carbocycles. The lowest BCUT2D eigenvalue weighted by Gasteiger charge is -2.19. The summed E-state index contributed by atoms with van der Waals surface area (Å²) in [6.07, 6.45) is 2.09. The third kappa shape index (κ3) is 1.44. The molecule has 0 fully saturated rings. The Balaban J connectivity index is 2.78. The van der Waals surface area contributed by atoms with E-state index in [2.05, 4.69) is 24.8 Å². The molecule has 0 aromatic rings. The van der Waals surface area contributed by atoms with Crippen LogP contribution in [0.15, 0.2) is 0 Å². The summed E-state index contributed by atoms with van der Waals surface area (Å²) in [4.78, 5) is 0. The van der Waals surface area contributed by atoms with E-state index in [0.717, 1.165) is 0 Å². The van der Waals surface area contributed by atoms with Crippen LogP contribution in [0.3, 0.4) is 0 Å². The van der Waals surface area contributed by atoms with Crippen molar-refractivity contribution in [3.63, 3.8) is 0 Å². The Kier molecular flexibility index (Phi) is 2.69. The van der Waals surface area contributed by atoms with Crippen LogP contribution in [0.5, 0.6) is 0 Å². The number of methoxy groups -OCH3 is 1. The molecule has 4 heteroatoms. The molecule has 0 aromatic heterocycles. The SMILES string of the molecule is COC1N(C)N(C)C=[N+]1C(C)C. The van der Waals surface area contributed by atoms with Gasteiger partial charge in [-0.3, -0.25) is 0 Å². The Bertz CT molecular complexity index is 191. The molecule has 1 aliphatic heterocycles. The van der Waals surface area contributed by atoms with E-state index in [1.807, 2.05) is 24.1 Å². The van der Waals surface area contributed by atoms with Crippen LogP contribution < -0.4 is 0 Å². The number of hydrogen-bond donors (Lipinski definition) is 0. The highest BCUT2D eigenvalue weighted by atomic mass is 16.5. The zero-order valence-corrected chi connectivity index (χ0v) is 8.48. The van der Waals surface area contributed by atoms with Crippen LogP contribution in [0.1, 0.15) is 13.8 Å². The molecule has 12 heavy (non-hydrogen) atoms. The van der Waals surface area contributed by atoms with Gasteiger partial charge in [0.05, 0.1) is 13.1 Å². The predicted octanol–water partition coefficient (Wildman–Crippen LogP) is 0.158. The number of rotatable bonds is 2. The molecule has 0 N–H and O–H groups in total. The van der Waals surface area contributed by atoms with E-state index in [1.54, 1.807) is 7.11 Å². The molecular weight excluding hydrogens is 154 g/mol. The molecule has 0 spiro atoms. The highest BCUT2D eigenvalue weighted by Gasteiger charge is 2.35.